The van der Waals surface area contributed by atoms with Crippen LogP contribution in [0.4, 0.5) is 0 Å². The number of hydrogen-bond acceptors (Lipinski definition) is 5. The standard InChI is InChI=1S/C21H21N3O3/c1-15-9-17(11-22)7-8-19(15)20(25)13-24-21(26)10-18(12-23-24)27-14-16-5-3-2-4-6-16/h2-10,12H,11,13-14,22H2,1H3. The van der Waals surface area contributed by atoms with Crippen LogP contribution in [0.5, 0.6) is 5.75 Å². The summed E-state index contributed by atoms with van der Waals surface area (Å²) in [6, 6.07) is 16.4. The monoisotopic (exact) mass is 363 g/mol. The number of nitrogens with two attached hydrogens (primary N) is 1. The largest absolute Gasteiger partial charge is 0.487 e. The van der Waals surface area contributed by atoms with Crippen molar-refractivity contribution in [3.05, 3.63) is 93.4 Å². The van der Waals surface area contributed by atoms with Gasteiger partial charge >= 0.3 is 0 Å². The lowest BCUT2D eigenvalue weighted by Gasteiger charge is -2.09. The minimum Gasteiger partial charge on any atom is -0.487 e. The molecule has 0 amide bonds. The third-order valence-corrected chi connectivity index (χ3v) is 4.21. The summed E-state index contributed by atoms with van der Waals surface area (Å²) in [6.45, 7) is 2.49. The second-order valence-electron chi connectivity index (χ2n) is 6.24. The van der Waals surface area contributed by atoms with E-state index >= 15 is 0 Å². The first-order valence-corrected chi connectivity index (χ1v) is 8.63. The number of benzene rings is 2. The van der Waals surface area contributed by atoms with Crippen molar-refractivity contribution in [2.24, 2.45) is 5.73 Å². The maximum Gasteiger partial charge on any atom is 0.270 e. The highest BCUT2D eigenvalue weighted by molar-refractivity contribution is 5.97. The van der Waals surface area contributed by atoms with Gasteiger partial charge in [-0.1, -0.05) is 48.5 Å². The molecule has 2 aromatic carbocycles. The van der Waals surface area contributed by atoms with Crippen LogP contribution in [0.1, 0.15) is 27.0 Å². The molecule has 0 radical (unpaired) electrons. The van der Waals surface area contributed by atoms with Gasteiger partial charge in [0.05, 0.1) is 6.20 Å². The van der Waals surface area contributed by atoms with E-state index in [9.17, 15) is 9.59 Å². The van der Waals surface area contributed by atoms with Crippen molar-refractivity contribution in [3.8, 4) is 5.75 Å². The van der Waals surface area contributed by atoms with Crippen molar-refractivity contribution >= 4 is 5.78 Å². The Morgan fingerprint density at radius 2 is 1.89 bits per heavy atom. The molecule has 2 N–H and O–H groups in total. The lowest BCUT2D eigenvalue weighted by Crippen LogP contribution is -2.26. The molecule has 3 aromatic rings. The molecule has 0 bridgehead atoms. The van der Waals surface area contributed by atoms with Crippen LogP contribution in [0.25, 0.3) is 0 Å². The van der Waals surface area contributed by atoms with Gasteiger partial charge in [-0.15, -0.1) is 0 Å². The maximum atomic E-state index is 12.5. The Morgan fingerprint density at radius 1 is 1.11 bits per heavy atom. The zero-order chi connectivity index (χ0) is 19.2. The summed E-state index contributed by atoms with van der Waals surface area (Å²) in [5, 5.41) is 4.06. The molecule has 0 atom stereocenters. The maximum absolute atomic E-state index is 12.5. The SMILES string of the molecule is Cc1cc(CN)ccc1C(=O)Cn1ncc(OCc2ccccc2)cc1=O. The van der Waals surface area contributed by atoms with Crippen molar-refractivity contribution in [3.63, 3.8) is 0 Å². The van der Waals surface area contributed by atoms with E-state index in [1.807, 2.05) is 49.4 Å². The summed E-state index contributed by atoms with van der Waals surface area (Å²) < 4.78 is 6.72. The average molecular weight is 363 g/mol. The van der Waals surface area contributed by atoms with Gasteiger partial charge in [-0.05, 0) is 23.6 Å². The van der Waals surface area contributed by atoms with Crippen LogP contribution >= 0.6 is 0 Å². The predicted molar refractivity (Wildman–Crippen MR) is 103 cm³/mol. The van der Waals surface area contributed by atoms with Crippen LogP contribution in [-0.2, 0) is 19.7 Å². The summed E-state index contributed by atoms with van der Waals surface area (Å²) >= 11 is 0. The molecule has 0 spiro atoms. The van der Waals surface area contributed by atoms with Gasteiger partial charge in [0, 0.05) is 18.2 Å². The van der Waals surface area contributed by atoms with Crippen LogP contribution in [0, 0.1) is 6.92 Å². The smallest absolute Gasteiger partial charge is 0.270 e. The van der Waals surface area contributed by atoms with E-state index in [2.05, 4.69) is 5.10 Å². The van der Waals surface area contributed by atoms with E-state index in [0.29, 0.717) is 24.5 Å². The Hall–Kier alpha value is -3.25. The zero-order valence-corrected chi connectivity index (χ0v) is 15.1. The molecule has 6 heteroatoms. The van der Waals surface area contributed by atoms with Crippen LogP contribution in [0.2, 0.25) is 0 Å². The van der Waals surface area contributed by atoms with Crippen LogP contribution in [0.3, 0.4) is 0 Å². The number of rotatable bonds is 7. The number of hydrogen-bond donors (Lipinski definition) is 1. The van der Waals surface area contributed by atoms with E-state index in [1.165, 1.54) is 12.3 Å². The van der Waals surface area contributed by atoms with Crippen LogP contribution in [-0.4, -0.2) is 15.6 Å². The normalized spacial score (nSPS) is 10.6. The second kappa shape index (κ2) is 8.42. The third-order valence-electron chi connectivity index (χ3n) is 4.21. The van der Waals surface area contributed by atoms with Crippen molar-refractivity contribution in [1.82, 2.24) is 9.78 Å². The van der Waals surface area contributed by atoms with Gasteiger partial charge in [0.15, 0.2) is 5.78 Å². The number of nitrogens with zero attached hydrogens (tertiary/aromatic N) is 2. The first-order chi connectivity index (χ1) is 13.1. The fourth-order valence-electron chi connectivity index (χ4n) is 2.74. The van der Waals surface area contributed by atoms with Crippen molar-refractivity contribution in [1.29, 1.82) is 0 Å². The Morgan fingerprint density at radius 3 is 2.56 bits per heavy atom. The van der Waals surface area contributed by atoms with Gasteiger partial charge in [-0.3, -0.25) is 9.59 Å². The molecule has 0 aliphatic carbocycles. The number of ether oxygens (including phenoxy) is 1. The Bertz CT molecular complexity index is 997. The molecular formula is C21H21N3O3. The van der Waals surface area contributed by atoms with Gasteiger partial charge in [0.1, 0.15) is 18.9 Å². The number of aromatic nitrogens is 2. The number of carbonyl (C=O) groups excluding carboxylic acids is 1. The van der Waals surface area contributed by atoms with E-state index in [-0.39, 0.29) is 17.9 Å². The molecule has 0 saturated carbocycles. The quantitative estimate of drug-likeness (QED) is 0.652. The van der Waals surface area contributed by atoms with Crippen LogP contribution < -0.4 is 16.0 Å². The molecule has 138 valence electrons. The summed E-state index contributed by atoms with van der Waals surface area (Å²) in [4.78, 5) is 24.8. The Kier molecular flexibility index (Phi) is 5.78. The first kappa shape index (κ1) is 18.5. The van der Waals surface area contributed by atoms with Crippen molar-refractivity contribution < 1.29 is 9.53 Å². The van der Waals surface area contributed by atoms with E-state index in [1.54, 1.807) is 6.07 Å². The molecule has 0 saturated heterocycles. The van der Waals surface area contributed by atoms with Gasteiger partial charge in [0.2, 0.25) is 0 Å². The molecule has 0 aliphatic heterocycles. The molecule has 0 unspecified atom stereocenters. The van der Waals surface area contributed by atoms with E-state index < -0.39 is 0 Å². The molecular weight excluding hydrogens is 342 g/mol. The highest BCUT2D eigenvalue weighted by atomic mass is 16.5. The fraction of sp³-hybridized carbons (Fsp3) is 0.190. The van der Waals surface area contributed by atoms with Gasteiger partial charge < -0.3 is 10.5 Å². The average Bonchev–Trinajstić information content (AvgIpc) is 2.68. The van der Waals surface area contributed by atoms with Gasteiger partial charge in [-0.25, -0.2) is 4.68 Å². The van der Waals surface area contributed by atoms with Crippen LogP contribution in [0.15, 0.2) is 65.6 Å². The molecule has 1 aromatic heterocycles. The fourth-order valence-corrected chi connectivity index (χ4v) is 2.74. The number of carbonyl (C=O) groups is 1. The predicted octanol–water partition coefficient (Wildman–Crippen LogP) is 2.47. The molecule has 0 aliphatic rings. The highest BCUT2D eigenvalue weighted by Gasteiger charge is 2.12. The molecule has 3 rings (SSSR count). The lowest BCUT2D eigenvalue weighted by molar-refractivity contribution is 0.0964. The molecule has 0 fully saturated rings. The summed E-state index contributed by atoms with van der Waals surface area (Å²) in [6.07, 6.45) is 1.45. The molecule has 27 heavy (non-hydrogen) atoms. The topological polar surface area (TPSA) is 87.2 Å². The minimum absolute atomic E-state index is 0.124. The zero-order valence-electron chi connectivity index (χ0n) is 15.1. The summed E-state index contributed by atoms with van der Waals surface area (Å²) in [5.41, 5.74) is 8.57. The van der Waals surface area contributed by atoms with Gasteiger partial charge in [-0.2, -0.15) is 5.10 Å². The number of Topliss-reactive ketones (excluding diaryl/α,β-unsaturated/α-hetero) is 1. The van der Waals surface area contributed by atoms with Gasteiger partial charge in [0.25, 0.3) is 5.56 Å². The Labute approximate surface area is 157 Å². The molecule has 1 heterocycles. The molecule has 6 nitrogen and oxygen atoms in total. The minimum atomic E-state index is -0.384. The number of aryl methyl sites for hydroxylation is 1. The van der Waals surface area contributed by atoms with Crippen molar-refractivity contribution in [2.75, 3.05) is 0 Å². The van der Waals surface area contributed by atoms with E-state index in [0.717, 1.165) is 21.4 Å². The van der Waals surface area contributed by atoms with Crippen molar-refractivity contribution in [2.45, 2.75) is 26.6 Å². The second-order valence-corrected chi connectivity index (χ2v) is 6.24. The first-order valence-electron chi connectivity index (χ1n) is 8.63. The third kappa shape index (κ3) is 4.68. The Balaban J connectivity index is 1.69. The highest BCUT2D eigenvalue weighted by Crippen LogP contribution is 2.13. The lowest BCUT2D eigenvalue weighted by atomic mass is 10.0. The summed E-state index contributed by atoms with van der Waals surface area (Å²) in [7, 11) is 0. The van der Waals surface area contributed by atoms with E-state index in [4.69, 9.17) is 10.5 Å². The summed E-state index contributed by atoms with van der Waals surface area (Å²) in [5.74, 6) is 0.194. The number of ketones is 1.